The summed E-state index contributed by atoms with van der Waals surface area (Å²) < 4.78 is 30.1. The number of carbonyl (C=O) groups is 3. The molecule has 2 amide bonds. The van der Waals surface area contributed by atoms with Crippen molar-refractivity contribution in [2.75, 3.05) is 44.4 Å². The monoisotopic (exact) mass is 438 g/mol. The number of aliphatic hydroxyl groups is 1. The van der Waals surface area contributed by atoms with Gasteiger partial charge in [-0.1, -0.05) is 0 Å². The third-order valence-corrected chi connectivity index (χ3v) is 4.85. The number of morpholine rings is 2. The van der Waals surface area contributed by atoms with Crippen LogP contribution in [0, 0.1) is 5.82 Å². The summed E-state index contributed by atoms with van der Waals surface area (Å²) in [6.07, 6.45) is -3.28. The van der Waals surface area contributed by atoms with E-state index in [0.717, 1.165) is 6.07 Å². The number of hydrogen-bond donors (Lipinski definition) is 1. The van der Waals surface area contributed by atoms with Crippen molar-refractivity contribution in [1.82, 2.24) is 4.90 Å². The largest absolute Gasteiger partial charge is 0.458 e. The summed E-state index contributed by atoms with van der Waals surface area (Å²) in [6.45, 7) is 6.52. The third kappa shape index (κ3) is 5.38. The van der Waals surface area contributed by atoms with E-state index < -0.39 is 41.4 Å². The topological polar surface area (TPSA) is 106 Å². The summed E-state index contributed by atoms with van der Waals surface area (Å²) in [5.74, 6) is -2.85. The zero-order valence-corrected chi connectivity index (χ0v) is 17.8. The molecule has 10 heteroatoms. The van der Waals surface area contributed by atoms with Crippen LogP contribution in [0.4, 0.5) is 10.1 Å². The molecule has 0 bridgehead atoms. The Kier molecular flexibility index (Phi) is 6.93. The summed E-state index contributed by atoms with van der Waals surface area (Å²) in [5.41, 5.74) is -0.739. The molecule has 1 aromatic rings. The Labute approximate surface area is 179 Å². The number of anilines is 1. The van der Waals surface area contributed by atoms with Crippen LogP contribution >= 0.6 is 0 Å². The lowest BCUT2D eigenvalue weighted by Gasteiger charge is -2.35. The molecule has 2 atom stereocenters. The molecule has 2 aliphatic heterocycles. The highest BCUT2D eigenvalue weighted by molar-refractivity contribution is 6.02. The van der Waals surface area contributed by atoms with Crippen LogP contribution in [0.15, 0.2) is 18.2 Å². The average Bonchev–Trinajstić information content (AvgIpc) is 2.73. The third-order valence-electron chi connectivity index (χ3n) is 4.85. The maximum atomic E-state index is 14.4. The number of ether oxygens (including phenoxy) is 3. The number of carbonyl (C=O) groups excluding carboxylic acids is 3. The van der Waals surface area contributed by atoms with Crippen molar-refractivity contribution in [2.24, 2.45) is 0 Å². The summed E-state index contributed by atoms with van der Waals surface area (Å²) in [5, 5.41) is 10.3. The van der Waals surface area contributed by atoms with Crippen LogP contribution in [0.25, 0.3) is 0 Å². The lowest BCUT2D eigenvalue weighted by molar-refractivity contribution is -0.177. The van der Waals surface area contributed by atoms with Crippen molar-refractivity contribution in [3.8, 4) is 0 Å². The predicted molar refractivity (Wildman–Crippen MR) is 107 cm³/mol. The van der Waals surface area contributed by atoms with E-state index >= 15 is 0 Å². The number of aliphatic hydroxyl groups excluding tert-OH is 1. The minimum Gasteiger partial charge on any atom is -0.458 e. The molecule has 0 unspecified atom stereocenters. The molecule has 0 aliphatic carbocycles. The first-order valence-corrected chi connectivity index (χ1v) is 10.1. The van der Waals surface area contributed by atoms with Gasteiger partial charge in [-0.2, -0.15) is 0 Å². The fourth-order valence-corrected chi connectivity index (χ4v) is 3.36. The zero-order chi connectivity index (χ0) is 22.8. The van der Waals surface area contributed by atoms with Gasteiger partial charge in [-0.15, -0.1) is 0 Å². The molecule has 2 fully saturated rings. The van der Waals surface area contributed by atoms with E-state index in [4.69, 9.17) is 14.2 Å². The Morgan fingerprint density at radius 3 is 2.52 bits per heavy atom. The van der Waals surface area contributed by atoms with E-state index in [-0.39, 0.29) is 24.4 Å². The van der Waals surface area contributed by atoms with Crippen LogP contribution in [0.5, 0.6) is 0 Å². The van der Waals surface area contributed by atoms with E-state index in [9.17, 15) is 23.9 Å². The number of halogens is 1. The Balaban J connectivity index is 1.79. The molecule has 2 aliphatic rings. The van der Waals surface area contributed by atoms with Crippen molar-refractivity contribution in [3.05, 3.63) is 29.6 Å². The fraction of sp³-hybridized carbons (Fsp3) is 0.571. The van der Waals surface area contributed by atoms with Crippen molar-refractivity contribution in [1.29, 1.82) is 0 Å². The van der Waals surface area contributed by atoms with E-state index in [1.54, 1.807) is 20.8 Å². The summed E-state index contributed by atoms with van der Waals surface area (Å²) >= 11 is 0. The van der Waals surface area contributed by atoms with Gasteiger partial charge in [0.2, 0.25) is 0 Å². The van der Waals surface area contributed by atoms with Gasteiger partial charge in [0.05, 0.1) is 25.4 Å². The molecule has 170 valence electrons. The summed E-state index contributed by atoms with van der Waals surface area (Å²) in [7, 11) is 0. The number of esters is 1. The highest BCUT2D eigenvalue weighted by Gasteiger charge is 2.41. The number of benzene rings is 1. The average molecular weight is 438 g/mol. The lowest BCUT2D eigenvalue weighted by atomic mass is 10.1. The van der Waals surface area contributed by atoms with Gasteiger partial charge in [-0.25, -0.2) is 9.18 Å². The maximum absolute atomic E-state index is 14.4. The van der Waals surface area contributed by atoms with Gasteiger partial charge < -0.3 is 29.1 Å². The molecule has 0 aromatic heterocycles. The van der Waals surface area contributed by atoms with Gasteiger partial charge in [-0.3, -0.25) is 9.59 Å². The molecule has 2 saturated heterocycles. The fourth-order valence-electron chi connectivity index (χ4n) is 3.36. The molecule has 2 heterocycles. The number of rotatable bonds is 4. The lowest BCUT2D eigenvalue weighted by Crippen LogP contribution is -2.55. The van der Waals surface area contributed by atoms with E-state index in [1.165, 1.54) is 21.9 Å². The van der Waals surface area contributed by atoms with Crippen molar-refractivity contribution >= 4 is 23.5 Å². The highest BCUT2D eigenvalue weighted by Crippen LogP contribution is 2.25. The van der Waals surface area contributed by atoms with Crippen LogP contribution in [-0.2, 0) is 23.8 Å². The van der Waals surface area contributed by atoms with E-state index in [0.29, 0.717) is 26.3 Å². The Hall–Kier alpha value is -2.56. The van der Waals surface area contributed by atoms with Gasteiger partial charge in [0, 0.05) is 25.3 Å². The molecule has 9 nitrogen and oxygen atoms in total. The Bertz CT molecular complexity index is 849. The minimum absolute atomic E-state index is 0.0420. The van der Waals surface area contributed by atoms with Crippen LogP contribution in [0.1, 0.15) is 31.1 Å². The molecule has 31 heavy (non-hydrogen) atoms. The van der Waals surface area contributed by atoms with Crippen molar-refractivity contribution in [2.45, 2.75) is 38.6 Å². The molecule has 3 rings (SSSR count). The van der Waals surface area contributed by atoms with Gasteiger partial charge in [0.15, 0.2) is 12.2 Å². The van der Waals surface area contributed by atoms with E-state index in [1.807, 2.05) is 0 Å². The summed E-state index contributed by atoms with van der Waals surface area (Å²) in [4.78, 5) is 40.6. The van der Waals surface area contributed by atoms with E-state index in [2.05, 4.69) is 0 Å². The van der Waals surface area contributed by atoms with Gasteiger partial charge >= 0.3 is 5.97 Å². The van der Waals surface area contributed by atoms with Gasteiger partial charge in [0.1, 0.15) is 11.4 Å². The van der Waals surface area contributed by atoms with Crippen LogP contribution in [0.2, 0.25) is 0 Å². The van der Waals surface area contributed by atoms with Gasteiger partial charge in [0.25, 0.3) is 11.8 Å². The highest BCUT2D eigenvalue weighted by atomic mass is 19.1. The minimum atomic E-state index is -1.82. The molecule has 0 spiro atoms. The van der Waals surface area contributed by atoms with Crippen molar-refractivity contribution in [3.63, 3.8) is 0 Å². The SMILES string of the molecule is CC(C)(C)OC(=O)[C@H](O)[C@H]1OCCN(c2ccc(F)c(C(=O)N3CCOCC3)c2)C1=O. The maximum Gasteiger partial charge on any atom is 0.338 e. The quantitative estimate of drug-likeness (QED) is 0.691. The molecular weight excluding hydrogens is 411 g/mol. The molecule has 0 radical (unpaired) electrons. The van der Waals surface area contributed by atoms with Gasteiger partial charge in [-0.05, 0) is 39.0 Å². The zero-order valence-electron chi connectivity index (χ0n) is 17.8. The molecule has 0 saturated carbocycles. The van der Waals surface area contributed by atoms with Crippen molar-refractivity contribution < 1.29 is 38.1 Å². The van der Waals surface area contributed by atoms with Crippen LogP contribution in [0.3, 0.4) is 0 Å². The Morgan fingerprint density at radius 1 is 1.19 bits per heavy atom. The molecule has 1 aromatic carbocycles. The first-order chi connectivity index (χ1) is 14.6. The molecule has 1 N–H and O–H groups in total. The standard InChI is InChI=1S/C21H27FN2O7/c1-21(2,3)31-20(28)16(25)17-19(27)24(8-11-30-17)13-4-5-15(22)14(12-13)18(26)23-6-9-29-10-7-23/h4-5,12,16-17,25H,6-11H2,1-3H3/t16-,17-/m1/s1. The Morgan fingerprint density at radius 2 is 1.87 bits per heavy atom. The number of nitrogens with zero attached hydrogens (tertiary/aromatic N) is 2. The first-order valence-electron chi connectivity index (χ1n) is 10.1. The predicted octanol–water partition coefficient (Wildman–Crippen LogP) is 0.732. The van der Waals surface area contributed by atoms with Crippen LogP contribution < -0.4 is 4.90 Å². The number of amides is 2. The van der Waals surface area contributed by atoms with Crippen LogP contribution in [-0.4, -0.2) is 85.1 Å². The molecular formula is C21H27FN2O7. The smallest absolute Gasteiger partial charge is 0.338 e. The second-order valence-electron chi connectivity index (χ2n) is 8.33. The second kappa shape index (κ2) is 9.29. The normalized spacial score (nSPS) is 21.1. The first kappa shape index (κ1) is 23.1. The summed E-state index contributed by atoms with van der Waals surface area (Å²) in [6, 6.07) is 3.78. The number of hydrogen-bond acceptors (Lipinski definition) is 7. The second-order valence-corrected chi connectivity index (χ2v) is 8.33.